The normalized spacial score (nSPS) is 12.3. The van der Waals surface area contributed by atoms with Gasteiger partial charge in [0.2, 0.25) is 0 Å². The van der Waals surface area contributed by atoms with E-state index in [1.807, 2.05) is 19.1 Å². The monoisotopic (exact) mass is 282 g/mol. The maximum atomic E-state index is 9.40. The van der Waals surface area contributed by atoms with Gasteiger partial charge < -0.3 is 14.0 Å². The number of aryl methyl sites for hydroxylation is 1. The van der Waals surface area contributed by atoms with E-state index in [0.29, 0.717) is 0 Å². The van der Waals surface area contributed by atoms with Crippen molar-refractivity contribution in [2.45, 2.75) is 26.8 Å². The van der Waals surface area contributed by atoms with Gasteiger partial charge in [-0.3, -0.25) is 0 Å². The smallest absolute Gasteiger partial charge is 0.161 e. The van der Waals surface area contributed by atoms with Crippen LogP contribution >= 0.6 is 0 Å². The molecule has 0 saturated heterocycles. The molecule has 4 heteroatoms. The Hall–Kier alpha value is -2.41. The lowest BCUT2D eigenvalue weighted by Crippen LogP contribution is -2.13. The third-order valence-electron chi connectivity index (χ3n) is 4.39. The maximum Gasteiger partial charge on any atom is 0.161 e. The molecule has 0 saturated carbocycles. The Kier molecular flexibility index (Phi) is 3.13. The van der Waals surface area contributed by atoms with Gasteiger partial charge in [-0.1, -0.05) is 0 Å². The number of hydrogen-bond donors (Lipinski definition) is 0. The zero-order valence-corrected chi connectivity index (χ0v) is 12.8. The summed E-state index contributed by atoms with van der Waals surface area (Å²) in [6.45, 7) is 4.92. The number of methoxy groups -OCH3 is 2. The summed E-state index contributed by atoms with van der Waals surface area (Å²) in [7, 11) is 3.30. The van der Waals surface area contributed by atoms with E-state index in [4.69, 9.17) is 9.47 Å². The Morgan fingerprint density at radius 1 is 1.10 bits per heavy atom. The molecule has 0 unspecified atom stereocenters. The fourth-order valence-corrected chi connectivity index (χ4v) is 3.17. The standard InChI is InChI=1S/C17H18N2O2/c1-10-11(2)17-13-8-16(21-4)15(20-3)7-12(13)5-6-19(17)14(10)9-18/h7-8H,5-6H2,1-4H3. The number of fused-ring (bicyclic) bond motifs is 3. The molecule has 1 aliphatic rings. The van der Waals surface area contributed by atoms with Crippen LogP contribution in [0.1, 0.15) is 22.4 Å². The summed E-state index contributed by atoms with van der Waals surface area (Å²) in [5, 5.41) is 9.40. The number of nitriles is 1. The molecule has 0 amide bonds. The Morgan fingerprint density at radius 3 is 2.38 bits per heavy atom. The molecule has 1 aromatic heterocycles. The molecule has 3 rings (SSSR count). The molecule has 2 heterocycles. The fraction of sp³-hybridized carbons (Fsp3) is 0.353. The van der Waals surface area contributed by atoms with E-state index in [2.05, 4.69) is 17.6 Å². The van der Waals surface area contributed by atoms with Crippen LogP contribution < -0.4 is 9.47 Å². The first-order valence-corrected chi connectivity index (χ1v) is 6.97. The lowest BCUT2D eigenvalue weighted by atomic mass is 9.95. The van der Waals surface area contributed by atoms with Crippen molar-refractivity contribution in [1.29, 1.82) is 5.26 Å². The van der Waals surface area contributed by atoms with Crippen LogP contribution in [0, 0.1) is 25.2 Å². The van der Waals surface area contributed by atoms with Gasteiger partial charge in [0.1, 0.15) is 11.8 Å². The molecule has 0 aliphatic carbocycles. The Bertz CT molecular complexity index is 766. The predicted molar refractivity (Wildman–Crippen MR) is 80.9 cm³/mol. The van der Waals surface area contributed by atoms with Crippen molar-refractivity contribution in [1.82, 2.24) is 4.57 Å². The van der Waals surface area contributed by atoms with E-state index in [1.54, 1.807) is 14.2 Å². The van der Waals surface area contributed by atoms with Crippen LogP contribution in [0.4, 0.5) is 0 Å². The second kappa shape index (κ2) is 4.85. The lowest BCUT2D eigenvalue weighted by Gasteiger charge is -2.22. The largest absolute Gasteiger partial charge is 0.493 e. The molecule has 0 spiro atoms. The van der Waals surface area contributed by atoms with E-state index in [1.165, 1.54) is 11.1 Å². The molecule has 2 aromatic rings. The molecular formula is C17H18N2O2. The number of benzene rings is 1. The van der Waals surface area contributed by atoms with Crippen LogP contribution in [0.3, 0.4) is 0 Å². The van der Waals surface area contributed by atoms with E-state index in [0.717, 1.165) is 47.0 Å². The highest BCUT2D eigenvalue weighted by atomic mass is 16.5. The summed E-state index contributed by atoms with van der Waals surface area (Å²) in [6, 6.07) is 6.40. The van der Waals surface area contributed by atoms with Crippen LogP contribution in [0.15, 0.2) is 12.1 Å². The van der Waals surface area contributed by atoms with Gasteiger partial charge in [0.05, 0.1) is 19.9 Å². The summed E-state index contributed by atoms with van der Waals surface area (Å²) >= 11 is 0. The van der Waals surface area contributed by atoms with Gasteiger partial charge in [-0.25, -0.2) is 0 Å². The molecular weight excluding hydrogens is 264 g/mol. The minimum absolute atomic E-state index is 0.724. The zero-order valence-electron chi connectivity index (χ0n) is 12.8. The van der Waals surface area contributed by atoms with Crippen LogP contribution in [-0.4, -0.2) is 18.8 Å². The Labute approximate surface area is 124 Å². The van der Waals surface area contributed by atoms with Gasteiger partial charge in [0, 0.05) is 12.1 Å². The minimum Gasteiger partial charge on any atom is -0.493 e. The average Bonchev–Trinajstić information content (AvgIpc) is 2.77. The molecule has 1 aliphatic heterocycles. The highest BCUT2D eigenvalue weighted by molar-refractivity contribution is 5.75. The SMILES string of the molecule is COc1cc2c(cc1OC)-c1c(C)c(C)c(C#N)n1CC2. The van der Waals surface area contributed by atoms with E-state index >= 15 is 0 Å². The molecule has 0 radical (unpaired) electrons. The number of ether oxygens (including phenoxy) is 2. The molecule has 4 nitrogen and oxygen atoms in total. The molecule has 21 heavy (non-hydrogen) atoms. The Morgan fingerprint density at radius 2 is 1.76 bits per heavy atom. The van der Waals surface area contributed by atoms with Crippen molar-refractivity contribution >= 4 is 0 Å². The van der Waals surface area contributed by atoms with Crippen molar-refractivity contribution < 1.29 is 9.47 Å². The topological polar surface area (TPSA) is 47.2 Å². The lowest BCUT2D eigenvalue weighted by molar-refractivity contribution is 0.354. The van der Waals surface area contributed by atoms with Gasteiger partial charge in [-0.2, -0.15) is 5.26 Å². The zero-order chi connectivity index (χ0) is 15.1. The van der Waals surface area contributed by atoms with Crippen molar-refractivity contribution in [3.05, 3.63) is 34.5 Å². The summed E-state index contributed by atoms with van der Waals surface area (Å²) in [5.74, 6) is 1.48. The molecule has 1 aromatic carbocycles. The molecule has 0 N–H and O–H groups in total. The van der Waals surface area contributed by atoms with Crippen LogP contribution in [0.25, 0.3) is 11.3 Å². The van der Waals surface area contributed by atoms with E-state index in [9.17, 15) is 5.26 Å². The Balaban J connectivity index is 2.31. The maximum absolute atomic E-state index is 9.40. The molecule has 0 fully saturated rings. The van der Waals surface area contributed by atoms with E-state index < -0.39 is 0 Å². The summed E-state index contributed by atoms with van der Waals surface area (Å²) in [5.41, 5.74) is 6.51. The van der Waals surface area contributed by atoms with Crippen molar-refractivity contribution in [2.75, 3.05) is 14.2 Å². The van der Waals surface area contributed by atoms with Crippen molar-refractivity contribution in [3.8, 4) is 28.8 Å². The van der Waals surface area contributed by atoms with Crippen molar-refractivity contribution in [2.24, 2.45) is 0 Å². The van der Waals surface area contributed by atoms with Crippen LogP contribution in [-0.2, 0) is 13.0 Å². The van der Waals surface area contributed by atoms with Crippen LogP contribution in [0.2, 0.25) is 0 Å². The number of aromatic nitrogens is 1. The summed E-state index contributed by atoms with van der Waals surface area (Å²) in [6.07, 6.45) is 0.894. The predicted octanol–water partition coefficient (Wildman–Crippen LogP) is 3.22. The molecule has 0 atom stereocenters. The van der Waals surface area contributed by atoms with Gasteiger partial charge in [-0.05, 0) is 49.1 Å². The summed E-state index contributed by atoms with van der Waals surface area (Å²) < 4.78 is 12.9. The van der Waals surface area contributed by atoms with Crippen LogP contribution in [0.5, 0.6) is 11.5 Å². The molecule has 108 valence electrons. The first kappa shape index (κ1) is 13.6. The van der Waals surface area contributed by atoms with E-state index in [-0.39, 0.29) is 0 Å². The second-order valence-electron chi connectivity index (χ2n) is 5.32. The third kappa shape index (κ3) is 1.81. The van der Waals surface area contributed by atoms with Gasteiger partial charge in [0.15, 0.2) is 11.5 Å². The molecule has 0 bridgehead atoms. The number of rotatable bonds is 2. The quantitative estimate of drug-likeness (QED) is 0.849. The second-order valence-corrected chi connectivity index (χ2v) is 5.32. The fourth-order valence-electron chi connectivity index (χ4n) is 3.17. The van der Waals surface area contributed by atoms with Gasteiger partial charge >= 0.3 is 0 Å². The summed E-state index contributed by atoms with van der Waals surface area (Å²) in [4.78, 5) is 0. The average molecular weight is 282 g/mol. The van der Waals surface area contributed by atoms with Gasteiger partial charge in [0.25, 0.3) is 0 Å². The van der Waals surface area contributed by atoms with Gasteiger partial charge in [-0.15, -0.1) is 0 Å². The first-order chi connectivity index (χ1) is 10.1. The first-order valence-electron chi connectivity index (χ1n) is 6.97. The highest BCUT2D eigenvalue weighted by Crippen LogP contribution is 2.41. The third-order valence-corrected chi connectivity index (χ3v) is 4.39. The van der Waals surface area contributed by atoms with Crippen molar-refractivity contribution in [3.63, 3.8) is 0 Å². The highest BCUT2D eigenvalue weighted by Gasteiger charge is 2.25. The minimum atomic E-state index is 0.724. The number of nitrogens with zero attached hydrogens (tertiary/aromatic N) is 2. The number of hydrogen-bond acceptors (Lipinski definition) is 3.